The van der Waals surface area contributed by atoms with Crippen LogP contribution in [0.15, 0.2) is 23.5 Å². The van der Waals surface area contributed by atoms with E-state index in [4.69, 9.17) is 9.84 Å². The number of hydrogen-bond donors (Lipinski definition) is 4. The molecule has 32 heavy (non-hydrogen) atoms. The van der Waals surface area contributed by atoms with Crippen LogP contribution in [-0.2, 0) is 14.3 Å². The molecule has 0 saturated heterocycles. The van der Waals surface area contributed by atoms with Gasteiger partial charge in [0.05, 0.1) is 12.5 Å². The third-order valence-corrected chi connectivity index (χ3v) is 5.72. The first-order valence-electron chi connectivity index (χ1n) is 11.7. The number of aliphatic hydroxyl groups excluding tert-OH is 3. The quantitative estimate of drug-likeness (QED) is 0.105. The Morgan fingerprint density at radius 2 is 1.56 bits per heavy atom. The molecule has 1 heterocycles. The summed E-state index contributed by atoms with van der Waals surface area (Å²) in [7, 11) is 0. The molecule has 1 rings (SSSR count). The van der Waals surface area contributed by atoms with E-state index in [1.807, 2.05) is 0 Å². The Bertz CT molecular complexity index is 610. The molecule has 0 bridgehead atoms. The van der Waals surface area contributed by atoms with Gasteiger partial charge in [0.25, 0.3) is 0 Å². The normalized spacial score (nSPS) is 18.0. The number of aliphatic carboxylic acids is 1. The van der Waals surface area contributed by atoms with Crippen LogP contribution in [0.3, 0.4) is 0 Å². The molecule has 0 aliphatic carbocycles. The molecule has 0 fully saturated rings. The largest absolute Gasteiger partial charge is 1.00 e. The molecule has 1 aliphatic heterocycles. The van der Waals surface area contributed by atoms with Crippen molar-refractivity contribution >= 4 is 11.9 Å². The van der Waals surface area contributed by atoms with Gasteiger partial charge in [-0.1, -0.05) is 70.4 Å². The summed E-state index contributed by atoms with van der Waals surface area (Å²) in [5, 5.41) is 38.4. The summed E-state index contributed by atoms with van der Waals surface area (Å²) in [4.78, 5) is 23.3. The average Bonchev–Trinajstić information content (AvgIpc) is 3.04. The van der Waals surface area contributed by atoms with Gasteiger partial charge < -0.3 is 26.6 Å². The van der Waals surface area contributed by atoms with Gasteiger partial charge in [0.1, 0.15) is 6.10 Å². The van der Waals surface area contributed by atoms with Crippen molar-refractivity contribution in [3.05, 3.63) is 23.5 Å². The summed E-state index contributed by atoms with van der Waals surface area (Å²) < 4.78 is 4.85. The topological polar surface area (TPSA) is 124 Å². The summed E-state index contributed by atoms with van der Waals surface area (Å²) in [6, 6.07) is 0. The molecule has 1 aliphatic rings. The molecule has 0 amide bonds. The number of carbonyl (C=O) groups excluding carboxylic acids is 1. The predicted molar refractivity (Wildman–Crippen MR) is 120 cm³/mol. The van der Waals surface area contributed by atoms with E-state index in [0.717, 1.165) is 32.1 Å². The van der Waals surface area contributed by atoms with Crippen LogP contribution in [0, 0.1) is 5.92 Å². The van der Waals surface area contributed by atoms with E-state index in [1.165, 1.54) is 38.5 Å². The van der Waals surface area contributed by atoms with Crippen LogP contribution in [0.1, 0.15) is 91.8 Å². The molecule has 0 aromatic rings. The second kappa shape index (κ2) is 18.6. The number of aliphatic hydroxyl groups is 3. The van der Waals surface area contributed by atoms with Crippen LogP contribution in [0.2, 0.25) is 0 Å². The number of ether oxygens (including phenoxy) is 1. The number of cyclic esters (lactones) is 1. The number of carbonyl (C=O) groups is 2. The van der Waals surface area contributed by atoms with Crippen molar-refractivity contribution in [1.82, 2.24) is 0 Å². The van der Waals surface area contributed by atoms with E-state index < -0.39 is 42.4 Å². The van der Waals surface area contributed by atoms with Crippen LogP contribution in [0.5, 0.6) is 0 Å². The number of allylic oxidation sites excluding steroid dienone is 2. The monoisotopic (exact) mass is 464 g/mol. The number of hydrogen-bond acceptors (Lipinski definition) is 6. The van der Waals surface area contributed by atoms with E-state index in [-0.39, 0.29) is 43.0 Å². The number of esters is 1. The van der Waals surface area contributed by atoms with Gasteiger partial charge in [0.2, 0.25) is 5.76 Å². The molecule has 7 nitrogen and oxygen atoms in total. The molecular weight excluding hydrogens is 423 g/mol. The Morgan fingerprint density at radius 1 is 1.03 bits per heavy atom. The van der Waals surface area contributed by atoms with Crippen molar-refractivity contribution < 1.29 is 65.7 Å². The van der Waals surface area contributed by atoms with Crippen LogP contribution in [0.4, 0.5) is 0 Å². The van der Waals surface area contributed by atoms with Crippen LogP contribution < -0.4 is 29.6 Å². The van der Waals surface area contributed by atoms with Gasteiger partial charge in [-0.3, -0.25) is 4.79 Å². The number of carboxylic acid groups (broad SMARTS) is 1. The summed E-state index contributed by atoms with van der Waals surface area (Å²) in [6.45, 7) is 1.52. The average molecular weight is 465 g/mol. The first-order chi connectivity index (χ1) is 14.9. The summed E-state index contributed by atoms with van der Waals surface area (Å²) >= 11 is 0. The molecule has 0 aromatic heterocycles. The molecule has 0 saturated carbocycles. The Balaban J connectivity index is 0. The molecule has 0 spiro atoms. The Labute approximate surface area is 215 Å². The van der Waals surface area contributed by atoms with E-state index >= 15 is 0 Å². The Morgan fingerprint density at radius 3 is 2.09 bits per heavy atom. The Hall–Kier alpha value is -0.860. The molecule has 0 radical (unpaired) electrons. The summed E-state index contributed by atoms with van der Waals surface area (Å²) in [5.74, 6) is -4.14. The van der Waals surface area contributed by atoms with Crippen molar-refractivity contribution in [3.63, 3.8) is 0 Å². The molecule has 180 valence electrons. The van der Waals surface area contributed by atoms with Crippen LogP contribution in [0.25, 0.3) is 0 Å². The van der Waals surface area contributed by atoms with Gasteiger partial charge in [0.15, 0.2) is 6.10 Å². The smallest absolute Gasteiger partial charge is 1.00 e. The molecule has 2 unspecified atom stereocenters. The van der Waals surface area contributed by atoms with Gasteiger partial charge in [-0.15, -0.1) is 0 Å². The predicted octanol–water partition coefficient (Wildman–Crippen LogP) is 1.54. The van der Waals surface area contributed by atoms with E-state index in [1.54, 1.807) is 0 Å². The summed E-state index contributed by atoms with van der Waals surface area (Å²) in [5.41, 5.74) is -0.142. The van der Waals surface area contributed by atoms with E-state index in [2.05, 4.69) is 19.1 Å². The van der Waals surface area contributed by atoms with E-state index in [9.17, 15) is 24.9 Å². The van der Waals surface area contributed by atoms with Gasteiger partial charge >= 0.3 is 41.5 Å². The second-order valence-electron chi connectivity index (χ2n) is 8.29. The second-order valence-corrected chi connectivity index (χ2v) is 8.29. The number of carboxylic acids is 1. The van der Waals surface area contributed by atoms with Crippen LogP contribution >= 0.6 is 0 Å². The third-order valence-electron chi connectivity index (χ3n) is 5.72. The molecule has 8 heteroatoms. The van der Waals surface area contributed by atoms with Crippen LogP contribution in [-0.4, -0.2) is 51.2 Å². The summed E-state index contributed by atoms with van der Waals surface area (Å²) in [6.07, 6.45) is 15.3. The van der Waals surface area contributed by atoms with Gasteiger partial charge in [0, 0.05) is 5.57 Å². The fourth-order valence-corrected chi connectivity index (χ4v) is 3.89. The zero-order valence-electron chi connectivity index (χ0n) is 20.8. The van der Waals surface area contributed by atoms with Gasteiger partial charge in [-0.05, 0) is 32.1 Å². The Kier molecular flexibility index (Phi) is 18.1. The molecule has 3 atom stereocenters. The molecule has 4 N–H and O–H groups in total. The maximum absolute atomic E-state index is 11.7. The first kappa shape index (κ1) is 31.1. The van der Waals surface area contributed by atoms with E-state index in [0.29, 0.717) is 6.42 Å². The van der Waals surface area contributed by atoms with Crippen molar-refractivity contribution in [2.24, 2.45) is 5.92 Å². The minimum atomic E-state index is -1.46. The third kappa shape index (κ3) is 11.3. The van der Waals surface area contributed by atoms with Crippen molar-refractivity contribution in [2.45, 2.75) is 103 Å². The zero-order chi connectivity index (χ0) is 23.1. The number of rotatable bonds is 18. The standard InChI is InChI=1S/C24H40O7.Na.H/c1-2-3-4-5-6-7-8-9-10-11-12-13-14-15-16-18(23(28)29)20-21(27)24(30)31-22(20)19(26)17-25;;/h9-10,18-19,22,25-27H,2-8,11-17H2,1H3,(H,28,29);;/q;+1;-1/b10-9-;;/t18?,19-,22?;;/m0../s1. The SMILES string of the molecule is CCCCCCCC/C=C\CCCCCCC(C(=O)O)C1=C(O)C(=O)OC1[C@@H](O)CO.[H-].[Na+]. The van der Waals surface area contributed by atoms with Crippen molar-refractivity contribution in [3.8, 4) is 0 Å². The molecule has 0 aromatic carbocycles. The minimum absolute atomic E-state index is 0. The number of unbranched alkanes of at least 4 members (excludes halogenated alkanes) is 10. The van der Waals surface area contributed by atoms with Gasteiger partial charge in [-0.25, -0.2) is 4.79 Å². The fourth-order valence-electron chi connectivity index (χ4n) is 3.89. The zero-order valence-corrected chi connectivity index (χ0v) is 21.8. The van der Waals surface area contributed by atoms with Crippen molar-refractivity contribution in [2.75, 3.05) is 6.61 Å². The fraction of sp³-hybridized carbons (Fsp3) is 0.750. The minimum Gasteiger partial charge on any atom is -1.00 e. The maximum Gasteiger partial charge on any atom is 1.00 e. The maximum atomic E-state index is 11.7. The molecular formula is C24H41NaO7. The van der Waals surface area contributed by atoms with Crippen molar-refractivity contribution in [1.29, 1.82) is 0 Å². The van der Waals surface area contributed by atoms with Gasteiger partial charge in [-0.2, -0.15) is 0 Å². The first-order valence-corrected chi connectivity index (χ1v) is 11.7.